The monoisotopic (exact) mass is 298 g/mol. The van der Waals surface area contributed by atoms with Gasteiger partial charge in [0.25, 0.3) is 0 Å². The summed E-state index contributed by atoms with van der Waals surface area (Å²) in [7, 11) is -3.84. The molecule has 2 rings (SSSR count). The lowest BCUT2D eigenvalue weighted by Crippen LogP contribution is -2.16. The van der Waals surface area contributed by atoms with Crippen molar-refractivity contribution in [1.82, 2.24) is 0 Å². The number of hydrogen-bond acceptors (Lipinski definition) is 3. The molecular formula is C9H5Cl3O3S. The maximum absolute atomic E-state index is 11.5. The van der Waals surface area contributed by atoms with Gasteiger partial charge in [-0.2, -0.15) is 8.42 Å². The molecule has 0 fully saturated rings. The zero-order valence-corrected chi connectivity index (χ0v) is 11.0. The number of rotatable bonds is 0. The Bertz CT molecular complexity index is 605. The molecule has 7 heteroatoms. The van der Waals surface area contributed by atoms with Gasteiger partial charge in [0.1, 0.15) is 0 Å². The van der Waals surface area contributed by atoms with Crippen LogP contribution in [0.5, 0.6) is 5.75 Å². The van der Waals surface area contributed by atoms with Crippen LogP contribution in [-0.4, -0.2) is 8.42 Å². The predicted octanol–water partition coefficient (Wildman–Crippen LogP) is 3.64. The van der Waals surface area contributed by atoms with Gasteiger partial charge in [-0.15, -0.1) is 0 Å². The van der Waals surface area contributed by atoms with Gasteiger partial charge in [0, 0.05) is 10.6 Å². The normalized spacial score (nSPS) is 18.0. The summed E-state index contributed by atoms with van der Waals surface area (Å²) >= 11 is 17.6. The predicted molar refractivity (Wildman–Crippen MR) is 64.5 cm³/mol. The molecule has 1 aliphatic rings. The Balaban J connectivity index is 2.83. The lowest BCUT2D eigenvalue weighted by atomic mass is 10.2. The SMILES string of the molecule is CC1=C(Cl)c2cc(Cl)cc(Cl)c2OS1(=O)=O. The highest BCUT2D eigenvalue weighted by Crippen LogP contribution is 2.44. The summed E-state index contributed by atoms with van der Waals surface area (Å²) in [5.41, 5.74) is 0.381. The van der Waals surface area contributed by atoms with Crippen LogP contribution >= 0.6 is 34.8 Å². The maximum Gasteiger partial charge on any atom is 0.336 e. The van der Waals surface area contributed by atoms with Crippen LogP contribution in [0, 0.1) is 0 Å². The molecule has 86 valence electrons. The van der Waals surface area contributed by atoms with Crippen LogP contribution < -0.4 is 4.18 Å². The van der Waals surface area contributed by atoms with E-state index in [9.17, 15) is 8.42 Å². The number of allylic oxidation sites excluding steroid dienone is 1. The van der Waals surface area contributed by atoms with E-state index in [1.807, 2.05) is 0 Å². The third-order valence-electron chi connectivity index (χ3n) is 2.12. The van der Waals surface area contributed by atoms with Gasteiger partial charge in [-0.1, -0.05) is 34.8 Å². The van der Waals surface area contributed by atoms with Crippen molar-refractivity contribution in [3.05, 3.63) is 32.6 Å². The fourth-order valence-corrected chi connectivity index (χ4v) is 3.13. The quantitative estimate of drug-likeness (QED) is 0.687. The van der Waals surface area contributed by atoms with Crippen LogP contribution in [0.3, 0.4) is 0 Å². The number of halogens is 3. The average molecular weight is 300 g/mol. The fourth-order valence-electron chi connectivity index (χ4n) is 1.28. The molecule has 0 amide bonds. The molecule has 0 aromatic heterocycles. The van der Waals surface area contributed by atoms with Crippen molar-refractivity contribution < 1.29 is 12.6 Å². The van der Waals surface area contributed by atoms with Crippen molar-refractivity contribution >= 4 is 50.0 Å². The molecule has 0 saturated heterocycles. The first-order valence-electron chi connectivity index (χ1n) is 4.13. The van der Waals surface area contributed by atoms with Gasteiger partial charge in [-0.3, -0.25) is 0 Å². The summed E-state index contributed by atoms with van der Waals surface area (Å²) in [6.45, 7) is 1.36. The van der Waals surface area contributed by atoms with E-state index in [0.29, 0.717) is 10.6 Å². The van der Waals surface area contributed by atoms with Crippen LogP contribution in [-0.2, 0) is 10.1 Å². The number of fused-ring (bicyclic) bond motifs is 1. The van der Waals surface area contributed by atoms with E-state index in [0.717, 1.165) is 0 Å². The molecule has 0 bridgehead atoms. The van der Waals surface area contributed by atoms with E-state index in [2.05, 4.69) is 0 Å². The molecule has 0 atom stereocenters. The lowest BCUT2D eigenvalue weighted by Gasteiger charge is -2.19. The molecule has 0 saturated carbocycles. The van der Waals surface area contributed by atoms with E-state index in [1.54, 1.807) is 0 Å². The summed E-state index contributed by atoms with van der Waals surface area (Å²) in [6, 6.07) is 2.89. The smallest absolute Gasteiger partial charge is 0.336 e. The number of hydrogen-bond donors (Lipinski definition) is 0. The Morgan fingerprint density at radius 2 is 1.81 bits per heavy atom. The fraction of sp³-hybridized carbons (Fsp3) is 0.111. The van der Waals surface area contributed by atoms with Crippen molar-refractivity contribution in [2.24, 2.45) is 0 Å². The Kier molecular flexibility index (Phi) is 2.87. The molecule has 1 heterocycles. The third-order valence-corrected chi connectivity index (χ3v) is 4.56. The third kappa shape index (κ3) is 1.80. The van der Waals surface area contributed by atoms with E-state index in [4.69, 9.17) is 39.0 Å². The highest BCUT2D eigenvalue weighted by atomic mass is 35.5. The van der Waals surface area contributed by atoms with Crippen LogP contribution in [0.4, 0.5) is 0 Å². The minimum atomic E-state index is -3.84. The summed E-state index contributed by atoms with van der Waals surface area (Å²) in [5.74, 6) is 0.0154. The van der Waals surface area contributed by atoms with Crippen molar-refractivity contribution in [2.45, 2.75) is 6.92 Å². The molecule has 1 aliphatic heterocycles. The van der Waals surface area contributed by atoms with E-state index >= 15 is 0 Å². The maximum atomic E-state index is 11.5. The molecule has 0 radical (unpaired) electrons. The van der Waals surface area contributed by atoms with Gasteiger partial charge in [0.2, 0.25) is 0 Å². The van der Waals surface area contributed by atoms with Gasteiger partial charge in [0.05, 0.1) is 15.0 Å². The molecule has 0 aliphatic carbocycles. The highest BCUT2D eigenvalue weighted by Gasteiger charge is 2.30. The Morgan fingerprint density at radius 3 is 2.44 bits per heavy atom. The van der Waals surface area contributed by atoms with Gasteiger partial charge >= 0.3 is 10.1 Å². The number of benzene rings is 1. The van der Waals surface area contributed by atoms with Crippen molar-refractivity contribution in [1.29, 1.82) is 0 Å². The van der Waals surface area contributed by atoms with Crippen LogP contribution in [0.25, 0.3) is 5.03 Å². The van der Waals surface area contributed by atoms with Crippen molar-refractivity contribution in [2.75, 3.05) is 0 Å². The molecule has 1 aromatic rings. The highest BCUT2D eigenvalue weighted by molar-refractivity contribution is 7.91. The topological polar surface area (TPSA) is 43.4 Å². The first-order valence-corrected chi connectivity index (χ1v) is 6.67. The van der Waals surface area contributed by atoms with E-state index < -0.39 is 10.1 Å². The summed E-state index contributed by atoms with van der Waals surface area (Å²) in [6.07, 6.45) is 0. The standard InChI is InChI=1S/C9H5Cl3O3S/c1-4-8(12)6-2-5(10)3-7(11)9(6)15-16(4,13)14/h2-3H,1H3. The minimum Gasteiger partial charge on any atom is -0.377 e. The Hall–Kier alpha value is -0.420. The summed E-state index contributed by atoms with van der Waals surface area (Å²) in [5, 5.41) is 0.542. The minimum absolute atomic E-state index is 0.0154. The molecule has 0 spiro atoms. The van der Waals surface area contributed by atoms with E-state index in [-0.39, 0.29) is 20.7 Å². The molecule has 1 aromatic carbocycles. The average Bonchev–Trinajstić information content (AvgIpc) is 2.17. The second-order valence-electron chi connectivity index (χ2n) is 3.17. The van der Waals surface area contributed by atoms with Crippen LogP contribution in [0.2, 0.25) is 10.0 Å². The van der Waals surface area contributed by atoms with Crippen LogP contribution in [0.1, 0.15) is 12.5 Å². The molecule has 0 N–H and O–H groups in total. The van der Waals surface area contributed by atoms with Crippen LogP contribution in [0.15, 0.2) is 17.0 Å². The first-order chi connectivity index (χ1) is 7.33. The lowest BCUT2D eigenvalue weighted by molar-refractivity contribution is 0.491. The summed E-state index contributed by atoms with van der Waals surface area (Å²) < 4.78 is 27.9. The Morgan fingerprint density at radius 1 is 1.19 bits per heavy atom. The van der Waals surface area contributed by atoms with Gasteiger partial charge in [-0.05, 0) is 19.1 Å². The van der Waals surface area contributed by atoms with Gasteiger partial charge in [-0.25, -0.2) is 0 Å². The second kappa shape index (κ2) is 3.81. The van der Waals surface area contributed by atoms with Crippen molar-refractivity contribution in [3.8, 4) is 5.75 Å². The Labute approximate surface area is 108 Å². The van der Waals surface area contributed by atoms with E-state index in [1.165, 1.54) is 19.1 Å². The van der Waals surface area contributed by atoms with Crippen molar-refractivity contribution in [3.63, 3.8) is 0 Å². The largest absolute Gasteiger partial charge is 0.377 e. The second-order valence-corrected chi connectivity index (χ2v) is 6.08. The zero-order valence-electron chi connectivity index (χ0n) is 7.92. The van der Waals surface area contributed by atoms with Gasteiger partial charge < -0.3 is 4.18 Å². The zero-order chi connectivity index (χ0) is 12.1. The summed E-state index contributed by atoms with van der Waals surface area (Å²) in [4.78, 5) is -0.0556. The molecule has 16 heavy (non-hydrogen) atoms. The molecule has 0 unspecified atom stereocenters. The molecule has 3 nitrogen and oxygen atoms in total. The first kappa shape index (κ1) is 12.0. The molecular weight excluding hydrogens is 295 g/mol. The van der Waals surface area contributed by atoms with Gasteiger partial charge in [0.15, 0.2) is 5.75 Å².